The van der Waals surface area contributed by atoms with Gasteiger partial charge in [0.1, 0.15) is 5.75 Å². The average Bonchev–Trinajstić information content (AvgIpc) is 2.71. The number of carbonyl (C=O) groups is 1. The lowest BCUT2D eigenvalue weighted by Gasteiger charge is -2.23. The Morgan fingerprint density at radius 3 is 2.47 bits per heavy atom. The number of fused-ring (bicyclic) bond motifs is 3. The zero-order valence-corrected chi connectivity index (χ0v) is 11.6. The van der Waals surface area contributed by atoms with E-state index in [4.69, 9.17) is 4.74 Å². The molecule has 2 aromatic carbocycles. The van der Waals surface area contributed by atoms with E-state index >= 15 is 0 Å². The molecule has 98 valence electrons. The Bertz CT molecular complexity index is 666. The first-order chi connectivity index (χ1) is 9.12. The van der Waals surface area contributed by atoms with Crippen molar-refractivity contribution in [2.45, 2.75) is 39.0 Å². The molecular formula is C17H18O2. The molecule has 0 saturated carbocycles. The lowest BCUT2D eigenvalue weighted by atomic mass is 9.75. The maximum absolute atomic E-state index is 12.3. The van der Waals surface area contributed by atoms with Crippen LogP contribution in [0.2, 0.25) is 0 Å². The summed E-state index contributed by atoms with van der Waals surface area (Å²) in [7, 11) is 0. The predicted octanol–water partition coefficient (Wildman–Crippen LogP) is 4.13. The molecule has 0 amide bonds. The van der Waals surface area contributed by atoms with Gasteiger partial charge in [0.05, 0.1) is 5.41 Å². The highest BCUT2D eigenvalue weighted by atomic mass is 16.5. The summed E-state index contributed by atoms with van der Waals surface area (Å²) >= 11 is 0. The van der Waals surface area contributed by atoms with Crippen LogP contribution in [0.3, 0.4) is 0 Å². The van der Waals surface area contributed by atoms with Crippen molar-refractivity contribution in [1.29, 1.82) is 0 Å². The molecule has 3 rings (SSSR count). The third-order valence-corrected chi connectivity index (χ3v) is 4.42. The Morgan fingerprint density at radius 2 is 1.79 bits per heavy atom. The van der Waals surface area contributed by atoms with Crippen LogP contribution in [0.15, 0.2) is 30.3 Å². The molecule has 1 aliphatic heterocycles. The number of esters is 1. The van der Waals surface area contributed by atoms with Crippen LogP contribution < -0.4 is 4.74 Å². The summed E-state index contributed by atoms with van der Waals surface area (Å²) in [5.41, 5.74) is 1.83. The Labute approximate surface area is 113 Å². The molecule has 2 heteroatoms. The lowest BCUT2D eigenvalue weighted by Crippen LogP contribution is -2.32. The first kappa shape index (κ1) is 12.2. The van der Waals surface area contributed by atoms with Gasteiger partial charge in [-0.2, -0.15) is 0 Å². The number of ether oxygens (including phenoxy) is 1. The van der Waals surface area contributed by atoms with Gasteiger partial charge >= 0.3 is 5.97 Å². The van der Waals surface area contributed by atoms with Gasteiger partial charge in [0.15, 0.2) is 0 Å². The lowest BCUT2D eigenvalue weighted by molar-refractivity contribution is -0.138. The van der Waals surface area contributed by atoms with Crippen molar-refractivity contribution in [3.63, 3.8) is 0 Å². The molecule has 0 radical (unpaired) electrons. The molecule has 0 atom stereocenters. The van der Waals surface area contributed by atoms with E-state index in [9.17, 15) is 4.79 Å². The van der Waals surface area contributed by atoms with Gasteiger partial charge in [-0.3, -0.25) is 4.79 Å². The molecule has 0 fully saturated rings. The van der Waals surface area contributed by atoms with E-state index in [0.717, 1.165) is 29.5 Å². The SMILES string of the molecule is CCC1(CC)C(=O)Oc2ccc3ccc(C)cc3c21. The van der Waals surface area contributed by atoms with Crippen LogP contribution >= 0.6 is 0 Å². The minimum Gasteiger partial charge on any atom is -0.426 e. The quantitative estimate of drug-likeness (QED) is 0.595. The van der Waals surface area contributed by atoms with Crippen molar-refractivity contribution in [1.82, 2.24) is 0 Å². The van der Waals surface area contributed by atoms with Gasteiger partial charge in [-0.05, 0) is 36.6 Å². The van der Waals surface area contributed by atoms with Gasteiger partial charge < -0.3 is 4.74 Å². The molecule has 0 aliphatic carbocycles. The number of hydrogen-bond donors (Lipinski definition) is 0. The van der Waals surface area contributed by atoms with Crippen LogP contribution in [0, 0.1) is 6.92 Å². The first-order valence-corrected chi connectivity index (χ1v) is 6.88. The van der Waals surface area contributed by atoms with Crippen molar-refractivity contribution in [3.05, 3.63) is 41.5 Å². The third-order valence-electron chi connectivity index (χ3n) is 4.42. The van der Waals surface area contributed by atoms with E-state index in [0.29, 0.717) is 0 Å². The van der Waals surface area contributed by atoms with E-state index in [-0.39, 0.29) is 5.97 Å². The molecule has 0 bridgehead atoms. The highest BCUT2D eigenvalue weighted by Gasteiger charge is 2.47. The van der Waals surface area contributed by atoms with Crippen LogP contribution in [0.5, 0.6) is 5.75 Å². The molecule has 1 aliphatic rings. The number of carbonyl (C=O) groups excluding carboxylic acids is 1. The molecule has 0 N–H and O–H groups in total. The number of benzene rings is 2. The van der Waals surface area contributed by atoms with E-state index in [1.54, 1.807) is 0 Å². The largest absolute Gasteiger partial charge is 0.426 e. The third kappa shape index (κ3) is 1.52. The van der Waals surface area contributed by atoms with Crippen molar-refractivity contribution in [2.24, 2.45) is 0 Å². The van der Waals surface area contributed by atoms with Crippen LogP contribution in [0.4, 0.5) is 0 Å². The van der Waals surface area contributed by atoms with Gasteiger partial charge in [0.2, 0.25) is 0 Å². The topological polar surface area (TPSA) is 26.3 Å². The van der Waals surface area contributed by atoms with E-state index < -0.39 is 5.41 Å². The van der Waals surface area contributed by atoms with Crippen LogP contribution in [-0.2, 0) is 10.2 Å². The maximum atomic E-state index is 12.3. The first-order valence-electron chi connectivity index (χ1n) is 6.88. The van der Waals surface area contributed by atoms with Crippen molar-refractivity contribution < 1.29 is 9.53 Å². The van der Waals surface area contributed by atoms with E-state index in [1.165, 1.54) is 10.9 Å². The maximum Gasteiger partial charge on any atom is 0.322 e. The highest BCUT2D eigenvalue weighted by Crippen LogP contribution is 2.47. The van der Waals surface area contributed by atoms with Crippen molar-refractivity contribution in [3.8, 4) is 5.75 Å². The number of hydrogen-bond acceptors (Lipinski definition) is 2. The minimum atomic E-state index is -0.470. The Morgan fingerprint density at radius 1 is 1.11 bits per heavy atom. The van der Waals surface area contributed by atoms with E-state index in [1.807, 2.05) is 12.1 Å². The Balaban J connectivity index is 2.41. The normalized spacial score (nSPS) is 16.5. The van der Waals surface area contributed by atoms with Crippen LogP contribution in [-0.4, -0.2) is 5.97 Å². The molecule has 1 heterocycles. The standard InChI is InChI=1S/C17H18O2/c1-4-17(5-2)15-13-10-11(3)6-7-12(13)8-9-14(15)19-16(17)18/h6-10H,4-5H2,1-3H3. The fraction of sp³-hybridized carbons (Fsp3) is 0.353. The zero-order chi connectivity index (χ0) is 13.6. The number of aryl methyl sites for hydroxylation is 1. The van der Waals surface area contributed by atoms with Gasteiger partial charge in [-0.25, -0.2) is 0 Å². The average molecular weight is 254 g/mol. The smallest absolute Gasteiger partial charge is 0.322 e. The second-order valence-electron chi connectivity index (χ2n) is 5.34. The summed E-state index contributed by atoms with van der Waals surface area (Å²) in [6.45, 7) is 6.21. The summed E-state index contributed by atoms with van der Waals surface area (Å²) in [6.07, 6.45) is 1.56. The summed E-state index contributed by atoms with van der Waals surface area (Å²) in [5.74, 6) is 0.647. The predicted molar refractivity (Wildman–Crippen MR) is 76.6 cm³/mol. The Kier molecular flexibility index (Phi) is 2.63. The summed E-state index contributed by atoms with van der Waals surface area (Å²) in [6, 6.07) is 10.3. The molecular weight excluding hydrogens is 236 g/mol. The van der Waals surface area contributed by atoms with E-state index in [2.05, 4.69) is 39.0 Å². The van der Waals surface area contributed by atoms with Gasteiger partial charge in [0, 0.05) is 5.56 Å². The minimum absolute atomic E-state index is 0.0958. The van der Waals surface area contributed by atoms with Gasteiger partial charge in [-0.1, -0.05) is 43.7 Å². The molecule has 2 aromatic rings. The Hall–Kier alpha value is -1.83. The van der Waals surface area contributed by atoms with Gasteiger partial charge in [0.25, 0.3) is 0 Å². The van der Waals surface area contributed by atoms with Crippen molar-refractivity contribution in [2.75, 3.05) is 0 Å². The highest BCUT2D eigenvalue weighted by molar-refractivity contribution is 6.00. The molecule has 0 aromatic heterocycles. The second kappa shape index (κ2) is 4.09. The molecule has 0 unspecified atom stereocenters. The molecule has 19 heavy (non-hydrogen) atoms. The van der Waals surface area contributed by atoms with Gasteiger partial charge in [-0.15, -0.1) is 0 Å². The number of rotatable bonds is 2. The molecule has 2 nitrogen and oxygen atoms in total. The molecule has 0 saturated heterocycles. The fourth-order valence-electron chi connectivity index (χ4n) is 3.18. The summed E-state index contributed by atoms with van der Waals surface area (Å²) < 4.78 is 5.51. The van der Waals surface area contributed by atoms with Crippen LogP contribution in [0.1, 0.15) is 37.8 Å². The van der Waals surface area contributed by atoms with Crippen molar-refractivity contribution >= 4 is 16.7 Å². The second-order valence-corrected chi connectivity index (χ2v) is 5.34. The monoisotopic (exact) mass is 254 g/mol. The summed E-state index contributed by atoms with van der Waals surface area (Å²) in [5, 5.41) is 2.33. The summed E-state index contributed by atoms with van der Waals surface area (Å²) in [4.78, 5) is 12.3. The zero-order valence-electron chi connectivity index (χ0n) is 11.6. The fourth-order valence-corrected chi connectivity index (χ4v) is 3.18. The molecule has 0 spiro atoms. The van der Waals surface area contributed by atoms with Crippen LogP contribution in [0.25, 0.3) is 10.8 Å².